The second kappa shape index (κ2) is 8.24. The molecule has 2 aromatic rings. The summed E-state index contributed by atoms with van der Waals surface area (Å²) in [6, 6.07) is 8.80. The number of aromatic nitrogens is 1. The number of methoxy groups -OCH3 is 1. The fraction of sp³-hybridized carbons (Fsp3) is 0.519. The Hall–Kier alpha value is -2.73. The Balaban J connectivity index is 1.48. The van der Waals surface area contributed by atoms with E-state index in [4.69, 9.17) is 4.74 Å². The van der Waals surface area contributed by atoms with Gasteiger partial charge in [-0.3, -0.25) is 9.80 Å². The van der Waals surface area contributed by atoms with Gasteiger partial charge in [0.2, 0.25) is 0 Å². The van der Waals surface area contributed by atoms with Crippen LogP contribution in [0.2, 0.25) is 0 Å². The predicted octanol–water partition coefficient (Wildman–Crippen LogP) is 4.64. The number of likely N-dealkylation sites (tertiary alicyclic amines) is 1. The Labute approximate surface area is 197 Å². The van der Waals surface area contributed by atoms with Crippen molar-refractivity contribution in [3.8, 4) is 5.75 Å². The van der Waals surface area contributed by atoms with Crippen LogP contribution in [0.1, 0.15) is 55.0 Å². The van der Waals surface area contributed by atoms with Crippen LogP contribution >= 0.6 is 0 Å². The number of hydrogen-bond acceptors (Lipinski definition) is 3. The first-order valence-corrected chi connectivity index (χ1v) is 12.2. The minimum absolute atomic E-state index is 0.153. The molecule has 0 radical (unpaired) electrons. The maximum Gasteiger partial charge on any atom is 0.325 e. The Morgan fingerprint density at radius 3 is 2.61 bits per heavy atom. The highest BCUT2D eigenvalue weighted by atomic mass is 16.5. The van der Waals surface area contributed by atoms with Crippen molar-refractivity contribution in [3.05, 3.63) is 64.6 Å². The zero-order valence-electron chi connectivity index (χ0n) is 20.6. The summed E-state index contributed by atoms with van der Waals surface area (Å²) in [5.74, 6) is 1.13. The maximum atomic E-state index is 13.7. The van der Waals surface area contributed by atoms with E-state index in [0.29, 0.717) is 6.54 Å². The van der Waals surface area contributed by atoms with Crippen LogP contribution in [-0.4, -0.2) is 57.6 Å². The van der Waals surface area contributed by atoms with Gasteiger partial charge in [-0.25, -0.2) is 4.79 Å². The van der Waals surface area contributed by atoms with Crippen molar-refractivity contribution in [2.75, 3.05) is 26.7 Å². The average Bonchev–Trinajstić information content (AvgIpc) is 3.22. The average molecular weight is 449 g/mol. The molecule has 0 aliphatic carbocycles. The number of aryl methyl sites for hydroxylation is 2. The van der Waals surface area contributed by atoms with Crippen molar-refractivity contribution in [1.29, 1.82) is 0 Å². The van der Waals surface area contributed by atoms with Gasteiger partial charge in [0.05, 0.1) is 19.2 Å². The lowest BCUT2D eigenvalue weighted by Gasteiger charge is -2.44. The van der Waals surface area contributed by atoms with Crippen LogP contribution < -0.4 is 4.74 Å². The number of hydrogen-bond donors (Lipinski definition) is 0. The second-order valence-electron chi connectivity index (χ2n) is 9.91. The number of ether oxygens (including phenoxy) is 1. The van der Waals surface area contributed by atoms with Crippen molar-refractivity contribution >= 4 is 6.03 Å². The van der Waals surface area contributed by atoms with E-state index in [1.54, 1.807) is 7.11 Å². The zero-order chi connectivity index (χ0) is 23.3. The van der Waals surface area contributed by atoms with Gasteiger partial charge in [0.25, 0.3) is 0 Å². The molecule has 1 aromatic carbocycles. The van der Waals surface area contributed by atoms with Gasteiger partial charge in [-0.1, -0.05) is 19.1 Å². The van der Waals surface area contributed by atoms with E-state index in [1.165, 1.54) is 28.1 Å². The molecule has 1 aromatic heterocycles. The van der Waals surface area contributed by atoms with Crippen LogP contribution in [0.4, 0.5) is 4.79 Å². The number of nitrogens with zero attached hydrogens (tertiary/aromatic N) is 4. The Bertz CT molecular complexity index is 1090. The smallest absolute Gasteiger partial charge is 0.325 e. The van der Waals surface area contributed by atoms with Crippen molar-refractivity contribution in [2.45, 2.75) is 58.2 Å². The molecular formula is C27H36N4O2. The van der Waals surface area contributed by atoms with Gasteiger partial charge in [-0.2, -0.15) is 0 Å². The van der Waals surface area contributed by atoms with Crippen LogP contribution in [0.15, 0.2) is 42.2 Å². The van der Waals surface area contributed by atoms with Gasteiger partial charge in [0.1, 0.15) is 5.75 Å². The van der Waals surface area contributed by atoms with Crippen molar-refractivity contribution in [2.24, 2.45) is 7.05 Å². The first-order valence-electron chi connectivity index (χ1n) is 12.2. The molecule has 0 N–H and O–H groups in total. The molecule has 1 atom stereocenters. The molecule has 0 saturated carbocycles. The van der Waals surface area contributed by atoms with E-state index in [-0.39, 0.29) is 17.5 Å². The van der Waals surface area contributed by atoms with Gasteiger partial charge in [0, 0.05) is 62.3 Å². The SMILES string of the molecule is CCN1C(=O)N2Cc3cc(C)cc(OC)c3C(C)C=C2C12CCN(Cc1cccn1C)CC2. The van der Waals surface area contributed by atoms with Gasteiger partial charge in [0.15, 0.2) is 0 Å². The standard InChI is InChI=1S/C27H36N4O2/c1-6-31-26(32)30-17-21-14-19(2)15-23(33-5)25(21)20(3)16-24(30)27(31)9-12-29(13-10-27)18-22-8-7-11-28(22)4/h7-8,11,14-16,20H,6,9-10,12-13,17-18H2,1-5H3. The van der Waals surface area contributed by atoms with Crippen molar-refractivity contribution < 1.29 is 9.53 Å². The number of amides is 2. The van der Waals surface area contributed by atoms with Crippen molar-refractivity contribution in [1.82, 2.24) is 19.3 Å². The molecule has 1 spiro atoms. The Kier molecular flexibility index (Phi) is 5.52. The fourth-order valence-corrected chi connectivity index (χ4v) is 6.30. The number of piperidine rings is 1. The monoisotopic (exact) mass is 448 g/mol. The van der Waals surface area contributed by atoms with E-state index in [0.717, 1.165) is 44.8 Å². The summed E-state index contributed by atoms with van der Waals surface area (Å²) in [6.07, 6.45) is 6.40. The van der Waals surface area contributed by atoms with E-state index in [1.807, 2.05) is 0 Å². The highest BCUT2D eigenvalue weighted by Gasteiger charge is 2.54. The number of carbonyl (C=O) groups is 1. The van der Waals surface area contributed by atoms with Crippen LogP contribution in [0.3, 0.4) is 0 Å². The molecule has 3 aliphatic heterocycles. The van der Waals surface area contributed by atoms with E-state index < -0.39 is 0 Å². The van der Waals surface area contributed by atoms with Gasteiger partial charge in [-0.15, -0.1) is 0 Å². The summed E-state index contributed by atoms with van der Waals surface area (Å²) >= 11 is 0. The first-order chi connectivity index (χ1) is 15.9. The number of likely N-dealkylation sites (N-methyl/N-ethyl adjacent to an activating group) is 1. The van der Waals surface area contributed by atoms with Crippen molar-refractivity contribution in [3.63, 3.8) is 0 Å². The molecule has 4 heterocycles. The molecule has 176 valence electrons. The second-order valence-corrected chi connectivity index (χ2v) is 9.91. The highest BCUT2D eigenvalue weighted by Crippen LogP contribution is 2.48. The molecule has 6 nitrogen and oxygen atoms in total. The van der Waals surface area contributed by atoms with E-state index in [9.17, 15) is 4.79 Å². The largest absolute Gasteiger partial charge is 0.496 e. The molecule has 5 rings (SSSR count). The summed E-state index contributed by atoms with van der Waals surface area (Å²) in [4.78, 5) is 20.4. The molecule has 2 fully saturated rings. The number of fused-ring (bicyclic) bond motifs is 3. The Morgan fingerprint density at radius 1 is 1.21 bits per heavy atom. The van der Waals surface area contributed by atoms with Gasteiger partial charge < -0.3 is 14.2 Å². The molecule has 0 bridgehead atoms. The van der Waals surface area contributed by atoms with Crippen LogP contribution in [0.25, 0.3) is 0 Å². The lowest BCUT2D eigenvalue weighted by Crippen LogP contribution is -2.53. The molecule has 2 saturated heterocycles. The minimum Gasteiger partial charge on any atom is -0.496 e. The van der Waals surface area contributed by atoms with Gasteiger partial charge >= 0.3 is 6.03 Å². The summed E-state index contributed by atoms with van der Waals surface area (Å²) in [7, 11) is 3.85. The van der Waals surface area contributed by atoms with Crippen LogP contribution in [-0.2, 0) is 20.1 Å². The molecule has 33 heavy (non-hydrogen) atoms. The predicted molar refractivity (Wildman–Crippen MR) is 130 cm³/mol. The quantitative estimate of drug-likeness (QED) is 0.685. The maximum absolute atomic E-state index is 13.7. The van der Waals surface area contributed by atoms with E-state index >= 15 is 0 Å². The lowest BCUT2D eigenvalue weighted by molar-refractivity contribution is 0.0878. The molecule has 6 heteroatoms. The summed E-state index contributed by atoms with van der Waals surface area (Å²) in [5, 5.41) is 0. The fourth-order valence-electron chi connectivity index (χ4n) is 6.30. The minimum atomic E-state index is -0.213. The van der Waals surface area contributed by atoms with Gasteiger partial charge in [-0.05, 0) is 56.0 Å². The number of rotatable bonds is 4. The summed E-state index contributed by atoms with van der Waals surface area (Å²) in [6.45, 7) is 10.8. The molecule has 2 amide bonds. The topological polar surface area (TPSA) is 41.0 Å². The third kappa shape index (κ3) is 3.46. The molecule has 1 unspecified atom stereocenters. The Morgan fingerprint density at radius 2 is 1.97 bits per heavy atom. The van der Waals surface area contributed by atoms with Crippen LogP contribution in [0, 0.1) is 6.92 Å². The number of benzene rings is 1. The molecule has 3 aliphatic rings. The normalized spacial score (nSPS) is 22.3. The number of allylic oxidation sites excluding steroid dienone is 1. The molecular weight excluding hydrogens is 412 g/mol. The summed E-state index contributed by atoms with van der Waals surface area (Å²) in [5.41, 5.74) is 5.92. The zero-order valence-corrected chi connectivity index (χ0v) is 20.6. The lowest BCUT2D eigenvalue weighted by atomic mass is 9.82. The summed E-state index contributed by atoms with van der Waals surface area (Å²) < 4.78 is 7.97. The third-order valence-electron chi connectivity index (χ3n) is 7.97. The number of urea groups is 1. The third-order valence-corrected chi connectivity index (χ3v) is 7.97. The first kappa shape index (κ1) is 22.1. The van der Waals surface area contributed by atoms with Crippen LogP contribution in [0.5, 0.6) is 5.75 Å². The number of carbonyl (C=O) groups excluding carboxylic acids is 1. The highest BCUT2D eigenvalue weighted by molar-refractivity contribution is 5.83. The van der Waals surface area contributed by atoms with E-state index in [2.05, 4.69) is 83.6 Å².